The lowest BCUT2D eigenvalue weighted by atomic mass is 9.97. The second-order valence-corrected chi connectivity index (χ2v) is 5.89. The summed E-state index contributed by atoms with van der Waals surface area (Å²) in [5, 5.41) is 8.87. The van der Waals surface area contributed by atoms with Crippen LogP contribution in [-0.2, 0) is 0 Å². The first kappa shape index (κ1) is 15.2. The number of aromatic nitrogens is 1. The normalized spacial score (nSPS) is 20.5. The third-order valence-corrected chi connectivity index (χ3v) is 4.34. The van der Waals surface area contributed by atoms with Crippen LogP contribution in [0.4, 0.5) is 0 Å². The van der Waals surface area contributed by atoms with Gasteiger partial charge in [0.1, 0.15) is 5.69 Å². The first-order chi connectivity index (χ1) is 11.1. The summed E-state index contributed by atoms with van der Waals surface area (Å²) in [6.45, 7) is 2.71. The third-order valence-electron chi connectivity index (χ3n) is 4.34. The minimum Gasteiger partial charge on any atom is -0.477 e. The number of carboxylic acids is 1. The number of rotatable bonds is 3. The molecule has 2 atom stereocenters. The fourth-order valence-corrected chi connectivity index (χ4v) is 3.09. The van der Waals surface area contributed by atoms with Gasteiger partial charge in [-0.3, -0.25) is 4.79 Å². The lowest BCUT2D eigenvalue weighted by Gasteiger charge is -2.21. The molecule has 1 amide bonds. The van der Waals surface area contributed by atoms with Gasteiger partial charge in [-0.15, -0.1) is 0 Å². The van der Waals surface area contributed by atoms with E-state index in [1.54, 1.807) is 0 Å². The number of aromatic carboxylic acids is 1. The van der Waals surface area contributed by atoms with E-state index in [0.29, 0.717) is 18.0 Å². The number of carboxylic acid groups (broad SMARTS) is 1. The number of hydrogen-bond donors (Lipinski definition) is 1. The molecule has 0 spiro atoms. The van der Waals surface area contributed by atoms with Crippen LogP contribution in [0.2, 0.25) is 0 Å². The van der Waals surface area contributed by atoms with Crippen LogP contribution >= 0.6 is 0 Å². The van der Waals surface area contributed by atoms with Crippen molar-refractivity contribution in [3.05, 3.63) is 65.5 Å². The lowest BCUT2D eigenvalue weighted by Crippen LogP contribution is -2.34. The van der Waals surface area contributed by atoms with Crippen LogP contribution in [0, 0.1) is 0 Å². The zero-order valence-corrected chi connectivity index (χ0v) is 12.8. The molecule has 0 bridgehead atoms. The monoisotopic (exact) mass is 310 g/mol. The highest BCUT2D eigenvalue weighted by Gasteiger charge is 2.33. The first-order valence-electron chi connectivity index (χ1n) is 7.61. The fourth-order valence-electron chi connectivity index (χ4n) is 3.09. The first-order valence-corrected chi connectivity index (χ1v) is 7.61. The Morgan fingerprint density at radius 3 is 2.52 bits per heavy atom. The van der Waals surface area contributed by atoms with Crippen LogP contribution in [0.3, 0.4) is 0 Å². The van der Waals surface area contributed by atoms with Crippen LogP contribution in [0.15, 0.2) is 48.7 Å². The number of amides is 1. The zero-order chi connectivity index (χ0) is 16.4. The fraction of sp³-hybridized carbons (Fsp3) is 0.278. The molecule has 0 aliphatic carbocycles. The number of carbonyl (C=O) groups is 2. The van der Waals surface area contributed by atoms with Crippen molar-refractivity contribution in [3.63, 3.8) is 0 Å². The molecule has 2 heterocycles. The van der Waals surface area contributed by atoms with Gasteiger partial charge in [0.15, 0.2) is 0 Å². The number of benzene rings is 1. The van der Waals surface area contributed by atoms with Gasteiger partial charge in [0, 0.05) is 24.7 Å². The predicted octanol–water partition coefficient (Wildman–Crippen LogP) is 2.80. The molecule has 118 valence electrons. The molecule has 23 heavy (non-hydrogen) atoms. The lowest BCUT2D eigenvalue weighted by molar-refractivity contribution is 0.0686. The Hall–Kier alpha value is -2.69. The zero-order valence-electron chi connectivity index (χ0n) is 12.8. The standard InChI is InChI=1S/C18H18N2O3/c1-12-9-15(13-5-3-2-4-6-13)11-20(12)17(21)14-7-8-16(18(22)23)19-10-14/h2-8,10,12,15H,9,11H2,1H3,(H,22,23)/t12-,15-/m0/s1. The molecule has 1 fully saturated rings. The van der Waals surface area contributed by atoms with E-state index in [2.05, 4.69) is 17.1 Å². The Labute approximate surface area is 134 Å². The summed E-state index contributed by atoms with van der Waals surface area (Å²) in [5.41, 5.74) is 1.61. The predicted molar refractivity (Wildman–Crippen MR) is 85.5 cm³/mol. The van der Waals surface area contributed by atoms with Crippen LogP contribution in [0.1, 0.15) is 45.7 Å². The molecule has 0 radical (unpaired) electrons. The van der Waals surface area contributed by atoms with E-state index in [4.69, 9.17) is 5.11 Å². The number of likely N-dealkylation sites (tertiary alicyclic amines) is 1. The van der Waals surface area contributed by atoms with Crippen molar-refractivity contribution in [2.45, 2.75) is 25.3 Å². The van der Waals surface area contributed by atoms with Crippen molar-refractivity contribution in [3.8, 4) is 0 Å². The summed E-state index contributed by atoms with van der Waals surface area (Å²) in [4.78, 5) is 29.2. The summed E-state index contributed by atoms with van der Waals surface area (Å²) < 4.78 is 0. The Bertz CT molecular complexity index is 713. The van der Waals surface area contributed by atoms with Gasteiger partial charge < -0.3 is 10.0 Å². The summed E-state index contributed by atoms with van der Waals surface area (Å²) in [6, 6.07) is 13.2. The van der Waals surface area contributed by atoms with Gasteiger partial charge in [-0.25, -0.2) is 9.78 Å². The molecule has 1 saturated heterocycles. The maximum absolute atomic E-state index is 12.7. The van der Waals surface area contributed by atoms with Gasteiger partial charge >= 0.3 is 5.97 Å². The SMILES string of the molecule is C[C@H]1C[C@H](c2ccccc2)CN1C(=O)c1ccc(C(=O)O)nc1. The summed E-state index contributed by atoms with van der Waals surface area (Å²) >= 11 is 0. The Kier molecular flexibility index (Phi) is 4.10. The quantitative estimate of drug-likeness (QED) is 0.946. The maximum Gasteiger partial charge on any atom is 0.354 e. The number of carbonyl (C=O) groups excluding carboxylic acids is 1. The molecule has 2 aromatic rings. The largest absolute Gasteiger partial charge is 0.477 e. The maximum atomic E-state index is 12.7. The molecular formula is C18H18N2O3. The molecule has 1 aliphatic heterocycles. The van der Waals surface area contributed by atoms with Crippen molar-refractivity contribution in [2.75, 3.05) is 6.54 Å². The highest BCUT2D eigenvalue weighted by molar-refractivity contribution is 5.95. The third kappa shape index (κ3) is 3.08. The van der Waals surface area contributed by atoms with E-state index < -0.39 is 5.97 Å². The van der Waals surface area contributed by atoms with E-state index in [9.17, 15) is 9.59 Å². The van der Waals surface area contributed by atoms with Gasteiger partial charge in [0.2, 0.25) is 0 Å². The Morgan fingerprint density at radius 2 is 1.91 bits per heavy atom. The highest BCUT2D eigenvalue weighted by atomic mass is 16.4. The van der Waals surface area contributed by atoms with Crippen molar-refractivity contribution < 1.29 is 14.7 Å². The van der Waals surface area contributed by atoms with Gasteiger partial charge in [0.05, 0.1) is 5.56 Å². The molecular weight excluding hydrogens is 292 g/mol. The van der Waals surface area contributed by atoms with E-state index in [1.165, 1.54) is 23.9 Å². The van der Waals surface area contributed by atoms with Crippen LogP contribution in [0.5, 0.6) is 0 Å². The number of nitrogens with zero attached hydrogens (tertiary/aromatic N) is 2. The van der Waals surface area contributed by atoms with Crippen LogP contribution < -0.4 is 0 Å². The molecule has 1 aromatic carbocycles. The van der Waals surface area contributed by atoms with Crippen molar-refractivity contribution in [1.82, 2.24) is 9.88 Å². The van der Waals surface area contributed by atoms with Gasteiger partial charge in [-0.2, -0.15) is 0 Å². The number of pyridine rings is 1. The second-order valence-electron chi connectivity index (χ2n) is 5.89. The molecule has 0 saturated carbocycles. The summed E-state index contributed by atoms with van der Waals surface area (Å²) in [6.07, 6.45) is 2.27. The van der Waals surface area contributed by atoms with Gasteiger partial charge in [-0.05, 0) is 31.0 Å². The molecule has 5 heteroatoms. The average Bonchev–Trinajstić information content (AvgIpc) is 2.97. The topological polar surface area (TPSA) is 70.5 Å². The van der Waals surface area contributed by atoms with E-state index in [-0.39, 0.29) is 17.6 Å². The van der Waals surface area contributed by atoms with Crippen molar-refractivity contribution in [2.24, 2.45) is 0 Å². The minimum absolute atomic E-state index is 0.0572. The number of hydrogen-bond acceptors (Lipinski definition) is 3. The average molecular weight is 310 g/mol. The summed E-state index contributed by atoms with van der Waals surface area (Å²) in [7, 11) is 0. The molecule has 1 aliphatic rings. The molecule has 1 N–H and O–H groups in total. The van der Waals surface area contributed by atoms with Crippen molar-refractivity contribution in [1.29, 1.82) is 0 Å². The molecule has 3 rings (SSSR count). The molecule has 1 aromatic heterocycles. The minimum atomic E-state index is -1.09. The van der Waals surface area contributed by atoms with E-state index >= 15 is 0 Å². The van der Waals surface area contributed by atoms with Crippen LogP contribution in [-0.4, -0.2) is 39.5 Å². The second kappa shape index (κ2) is 6.20. The Morgan fingerprint density at radius 1 is 1.17 bits per heavy atom. The molecule has 5 nitrogen and oxygen atoms in total. The van der Waals surface area contributed by atoms with Gasteiger partial charge in [-0.1, -0.05) is 30.3 Å². The summed E-state index contributed by atoms with van der Waals surface area (Å²) in [5.74, 6) is -0.857. The van der Waals surface area contributed by atoms with E-state index in [1.807, 2.05) is 30.0 Å². The Balaban J connectivity index is 1.76. The van der Waals surface area contributed by atoms with Crippen molar-refractivity contribution >= 4 is 11.9 Å². The van der Waals surface area contributed by atoms with Crippen LogP contribution in [0.25, 0.3) is 0 Å². The van der Waals surface area contributed by atoms with Gasteiger partial charge in [0.25, 0.3) is 5.91 Å². The van der Waals surface area contributed by atoms with E-state index in [0.717, 1.165) is 6.42 Å². The highest BCUT2D eigenvalue weighted by Crippen LogP contribution is 2.32. The smallest absolute Gasteiger partial charge is 0.354 e. The molecule has 0 unspecified atom stereocenters.